The van der Waals surface area contributed by atoms with Crippen molar-refractivity contribution < 1.29 is 13.9 Å². The number of benzene rings is 2. The molecule has 0 fully saturated rings. The van der Waals surface area contributed by atoms with Crippen LogP contribution in [-0.2, 0) is 0 Å². The smallest absolute Gasteiger partial charge is 0.142 e. The molecule has 0 spiro atoms. The SMILES string of the molecule is OC(c1cc(F)c(Cl)cc1F)c1ccc(Cl)cc1Cl. The quantitative estimate of drug-likeness (QED) is 0.771. The molecule has 0 radical (unpaired) electrons. The van der Waals surface area contributed by atoms with E-state index in [9.17, 15) is 13.9 Å². The highest BCUT2D eigenvalue weighted by molar-refractivity contribution is 6.35. The lowest BCUT2D eigenvalue weighted by molar-refractivity contribution is 0.214. The van der Waals surface area contributed by atoms with Crippen molar-refractivity contribution in [2.45, 2.75) is 6.10 Å². The van der Waals surface area contributed by atoms with Crippen molar-refractivity contribution in [3.63, 3.8) is 0 Å². The van der Waals surface area contributed by atoms with Crippen LogP contribution in [-0.4, -0.2) is 5.11 Å². The van der Waals surface area contributed by atoms with Gasteiger partial charge in [0.25, 0.3) is 0 Å². The Balaban J connectivity index is 2.49. The van der Waals surface area contributed by atoms with Gasteiger partial charge in [-0.2, -0.15) is 0 Å². The summed E-state index contributed by atoms with van der Waals surface area (Å²) in [6.07, 6.45) is -1.41. The first-order valence-corrected chi connectivity index (χ1v) is 6.31. The van der Waals surface area contributed by atoms with Crippen LogP contribution in [0, 0.1) is 11.6 Å². The minimum atomic E-state index is -1.41. The van der Waals surface area contributed by atoms with E-state index in [1.165, 1.54) is 18.2 Å². The normalized spacial score (nSPS) is 12.5. The molecular formula is C13H7Cl3F2O. The average Bonchev–Trinajstić information content (AvgIpc) is 2.33. The summed E-state index contributed by atoms with van der Waals surface area (Å²) in [5, 5.41) is 10.3. The predicted molar refractivity (Wildman–Crippen MR) is 71.9 cm³/mol. The molecule has 0 saturated heterocycles. The third kappa shape index (κ3) is 3.00. The van der Waals surface area contributed by atoms with E-state index in [0.29, 0.717) is 5.02 Å². The molecular weight excluding hydrogens is 316 g/mol. The van der Waals surface area contributed by atoms with Gasteiger partial charge in [-0.15, -0.1) is 0 Å². The van der Waals surface area contributed by atoms with E-state index in [2.05, 4.69) is 0 Å². The second-order valence-electron chi connectivity index (χ2n) is 3.86. The number of halogens is 5. The minimum Gasteiger partial charge on any atom is -0.383 e. The molecule has 1 atom stereocenters. The van der Waals surface area contributed by atoms with Gasteiger partial charge in [0, 0.05) is 21.2 Å². The number of aliphatic hydroxyl groups excluding tert-OH is 1. The monoisotopic (exact) mass is 322 g/mol. The standard InChI is InChI=1S/C13H7Cl3F2O/c14-6-1-2-7(9(15)3-6)13(19)8-4-12(18)10(16)5-11(8)17/h1-5,13,19H. The van der Waals surface area contributed by atoms with Gasteiger partial charge in [-0.3, -0.25) is 0 Å². The van der Waals surface area contributed by atoms with E-state index < -0.39 is 17.7 Å². The third-order valence-corrected chi connectivity index (χ3v) is 3.44. The van der Waals surface area contributed by atoms with Gasteiger partial charge in [-0.25, -0.2) is 8.78 Å². The molecule has 2 aromatic carbocycles. The molecule has 0 aliphatic carbocycles. The van der Waals surface area contributed by atoms with Crippen LogP contribution in [0.15, 0.2) is 30.3 Å². The fraction of sp³-hybridized carbons (Fsp3) is 0.0769. The van der Waals surface area contributed by atoms with Gasteiger partial charge in [0.1, 0.15) is 17.7 Å². The molecule has 1 N–H and O–H groups in total. The Hall–Kier alpha value is -0.870. The summed E-state index contributed by atoms with van der Waals surface area (Å²) >= 11 is 17.1. The predicted octanol–water partition coefficient (Wildman–Crippen LogP) is 5.01. The van der Waals surface area contributed by atoms with Crippen LogP contribution in [0.25, 0.3) is 0 Å². The highest BCUT2D eigenvalue weighted by Crippen LogP contribution is 2.33. The zero-order chi connectivity index (χ0) is 14.2. The molecule has 0 aliphatic rings. The van der Waals surface area contributed by atoms with E-state index in [-0.39, 0.29) is 21.2 Å². The lowest BCUT2D eigenvalue weighted by Gasteiger charge is -2.14. The molecule has 0 saturated carbocycles. The summed E-state index contributed by atoms with van der Waals surface area (Å²) in [6.45, 7) is 0. The average molecular weight is 324 g/mol. The molecule has 6 heteroatoms. The number of aliphatic hydroxyl groups is 1. The van der Waals surface area contributed by atoms with Crippen molar-refractivity contribution in [3.8, 4) is 0 Å². The van der Waals surface area contributed by atoms with Crippen molar-refractivity contribution in [1.29, 1.82) is 0 Å². The Kier molecular flexibility index (Phi) is 4.31. The van der Waals surface area contributed by atoms with Gasteiger partial charge in [-0.1, -0.05) is 40.9 Å². The summed E-state index contributed by atoms with van der Waals surface area (Å²) in [6, 6.07) is 6.00. The molecule has 0 amide bonds. The molecule has 1 unspecified atom stereocenters. The maximum Gasteiger partial charge on any atom is 0.142 e. The van der Waals surface area contributed by atoms with Gasteiger partial charge in [0.05, 0.1) is 5.02 Å². The second kappa shape index (κ2) is 5.63. The summed E-state index contributed by atoms with van der Waals surface area (Å²) in [4.78, 5) is 0. The van der Waals surface area contributed by atoms with Crippen LogP contribution in [0.3, 0.4) is 0 Å². The zero-order valence-corrected chi connectivity index (χ0v) is 11.6. The summed E-state index contributed by atoms with van der Waals surface area (Å²) in [7, 11) is 0. The van der Waals surface area contributed by atoms with Gasteiger partial charge < -0.3 is 5.11 Å². The van der Waals surface area contributed by atoms with Crippen LogP contribution in [0.1, 0.15) is 17.2 Å². The van der Waals surface area contributed by atoms with E-state index >= 15 is 0 Å². The Bertz CT molecular complexity index is 632. The second-order valence-corrected chi connectivity index (χ2v) is 5.11. The molecule has 0 aromatic heterocycles. The highest BCUT2D eigenvalue weighted by Gasteiger charge is 2.20. The van der Waals surface area contributed by atoms with Crippen LogP contribution in [0.4, 0.5) is 8.78 Å². The van der Waals surface area contributed by atoms with Gasteiger partial charge in [-0.05, 0) is 24.3 Å². The molecule has 1 nitrogen and oxygen atoms in total. The molecule has 2 aromatic rings. The topological polar surface area (TPSA) is 20.2 Å². The maximum atomic E-state index is 13.7. The Morgan fingerprint density at radius 2 is 1.53 bits per heavy atom. The number of hydrogen-bond donors (Lipinski definition) is 1. The van der Waals surface area contributed by atoms with Crippen LogP contribution >= 0.6 is 34.8 Å². The summed E-state index contributed by atoms with van der Waals surface area (Å²) in [5.74, 6) is -1.63. The lowest BCUT2D eigenvalue weighted by atomic mass is 10.0. The van der Waals surface area contributed by atoms with Crippen LogP contribution < -0.4 is 0 Å². The molecule has 19 heavy (non-hydrogen) atoms. The largest absolute Gasteiger partial charge is 0.383 e. The van der Waals surface area contributed by atoms with E-state index in [0.717, 1.165) is 12.1 Å². The molecule has 2 rings (SSSR count). The molecule has 100 valence electrons. The zero-order valence-electron chi connectivity index (χ0n) is 9.30. The van der Waals surface area contributed by atoms with E-state index in [4.69, 9.17) is 34.8 Å². The fourth-order valence-electron chi connectivity index (χ4n) is 1.64. The van der Waals surface area contributed by atoms with Crippen molar-refractivity contribution in [2.24, 2.45) is 0 Å². The van der Waals surface area contributed by atoms with Crippen molar-refractivity contribution in [2.75, 3.05) is 0 Å². The van der Waals surface area contributed by atoms with Gasteiger partial charge >= 0.3 is 0 Å². The number of hydrogen-bond acceptors (Lipinski definition) is 1. The molecule has 0 bridgehead atoms. The first kappa shape index (κ1) is 14.5. The lowest BCUT2D eigenvalue weighted by Crippen LogP contribution is -2.04. The summed E-state index contributed by atoms with van der Waals surface area (Å²) < 4.78 is 27.0. The van der Waals surface area contributed by atoms with Crippen LogP contribution in [0.5, 0.6) is 0 Å². The van der Waals surface area contributed by atoms with E-state index in [1.807, 2.05) is 0 Å². The van der Waals surface area contributed by atoms with Crippen molar-refractivity contribution in [1.82, 2.24) is 0 Å². The molecule has 0 heterocycles. The Morgan fingerprint density at radius 3 is 2.16 bits per heavy atom. The Morgan fingerprint density at radius 1 is 0.842 bits per heavy atom. The van der Waals surface area contributed by atoms with Crippen molar-refractivity contribution in [3.05, 3.63) is 68.2 Å². The summed E-state index contributed by atoms with van der Waals surface area (Å²) in [5.41, 5.74) is -0.0159. The third-order valence-electron chi connectivity index (χ3n) is 2.59. The van der Waals surface area contributed by atoms with Crippen LogP contribution in [0.2, 0.25) is 15.1 Å². The fourth-order valence-corrected chi connectivity index (χ4v) is 2.30. The first-order chi connectivity index (χ1) is 8.90. The van der Waals surface area contributed by atoms with E-state index in [1.54, 1.807) is 0 Å². The molecule has 0 aliphatic heterocycles. The minimum absolute atomic E-state index is 0.162. The Labute approximate surface area is 123 Å². The van der Waals surface area contributed by atoms with Gasteiger partial charge in [0.15, 0.2) is 0 Å². The highest BCUT2D eigenvalue weighted by atomic mass is 35.5. The first-order valence-electron chi connectivity index (χ1n) is 5.17. The number of rotatable bonds is 2. The van der Waals surface area contributed by atoms with Crippen molar-refractivity contribution >= 4 is 34.8 Å². The maximum absolute atomic E-state index is 13.7. The van der Waals surface area contributed by atoms with Gasteiger partial charge in [0.2, 0.25) is 0 Å².